The molecule has 0 atom stereocenters. The summed E-state index contributed by atoms with van der Waals surface area (Å²) in [5, 5.41) is 3.96. The molecule has 6 nitrogen and oxygen atoms in total. The van der Waals surface area contributed by atoms with Gasteiger partial charge in [0.05, 0.1) is 18.4 Å². The average Bonchev–Trinajstić information content (AvgIpc) is 3.19. The minimum Gasteiger partial charge on any atom is -0.493 e. The van der Waals surface area contributed by atoms with Crippen molar-refractivity contribution in [3.8, 4) is 11.5 Å². The Morgan fingerprint density at radius 3 is 2.56 bits per heavy atom. The summed E-state index contributed by atoms with van der Waals surface area (Å²) in [6.45, 7) is 5.72. The standard InChI is InChI=1S/C28H32N2O4/c1-20-25(21(2)34-29-20)19-33-26-11-9-23(18-27(26)32-3)10-12-28(31)30-15-13-24(14-16-30)17-22-7-5-4-6-8-22/h4-12,18,24H,13-17,19H2,1-3H3/b12-10+. The summed E-state index contributed by atoms with van der Waals surface area (Å²) in [7, 11) is 1.61. The van der Waals surface area contributed by atoms with Gasteiger partial charge in [-0.2, -0.15) is 0 Å². The smallest absolute Gasteiger partial charge is 0.246 e. The van der Waals surface area contributed by atoms with Crippen molar-refractivity contribution in [1.82, 2.24) is 10.1 Å². The van der Waals surface area contributed by atoms with Gasteiger partial charge in [-0.25, -0.2) is 0 Å². The Morgan fingerprint density at radius 1 is 1.12 bits per heavy atom. The summed E-state index contributed by atoms with van der Waals surface area (Å²) in [5.74, 6) is 2.68. The topological polar surface area (TPSA) is 64.8 Å². The Hall–Kier alpha value is -3.54. The Morgan fingerprint density at radius 2 is 1.88 bits per heavy atom. The molecule has 1 saturated heterocycles. The lowest BCUT2D eigenvalue weighted by Crippen LogP contribution is -2.37. The molecule has 0 unspecified atom stereocenters. The third-order valence-corrected chi connectivity index (χ3v) is 6.45. The predicted octanol–water partition coefficient (Wildman–Crippen LogP) is 5.37. The van der Waals surface area contributed by atoms with Crippen LogP contribution in [0, 0.1) is 19.8 Å². The second kappa shape index (κ2) is 11.1. The molecule has 6 heteroatoms. The van der Waals surface area contributed by atoms with Crippen molar-refractivity contribution in [2.75, 3.05) is 20.2 Å². The molecule has 1 fully saturated rings. The highest BCUT2D eigenvalue weighted by atomic mass is 16.5. The molecule has 0 aliphatic carbocycles. The zero-order valence-electron chi connectivity index (χ0n) is 20.1. The van der Waals surface area contributed by atoms with Crippen LogP contribution in [0.3, 0.4) is 0 Å². The van der Waals surface area contributed by atoms with Gasteiger partial charge in [0.25, 0.3) is 0 Å². The van der Waals surface area contributed by atoms with E-state index in [0.29, 0.717) is 24.0 Å². The summed E-state index contributed by atoms with van der Waals surface area (Å²) in [6, 6.07) is 16.2. The highest BCUT2D eigenvalue weighted by Crippen LogP contribution is 2.30. The summed E-state index contributed by atoms with van der Waals surface area (Å²) in [5.41, 5.74) is 4.01. The van der Waals surface area contributed by atoms with Gasteiger partial charge < -0.3 is 18.9 Å². The molecule has 0 N–H and O–H groups in total. The molecular formula is C28H32N2O4. The lowest BCUT2D eigenvalue weighted by molar-refractivity contribution is -0.127. The fraction of sp³-hybridized carbons (Fsp3) is 0.357. The minimum absolute atomic E-state index is 0.0517. The van der Waals surface area contributed by atoms with Crippen molar-refractivity contribution >= 4 is 12.0 Å². The van der Waals surface area contributed by atoms with E-state index in [4.69, 9.17) is 14.0 Å². The molecule has 0 bridgehead atoms. The molecule has 2 heterocycles. The van der Waals surface area contributed by atoms with Gasteiger partial charge >= 0.3 is 0 Å². The zero-order valence-corrected chi connectivity index (χ0v) is 20.1. The number of methoxy groups -OCH3 is 1. The van der Waals surface area contributed by atoms with Crippen LogP contribution in [0.2, 0.25) is 0 Å². The quantitative estimate of drug-likeness (QED) is 0.423. The lowest BCUT2D eigenvalue weighted by Gasteiger charge is -2.31. The van der Waals surface area contributed by atoms with Gasteiger partial charge in [0.15, 0.2) is 11.5 Å². The number of amides is 1. The first kappa shape index (κ1) is 23.6. The molecule has 1 aliphatic rings. The van der Waals surface area contributed by atoms with E-state index in [0.717, 1.165) is 54.9 Å². The van der Waals surface area contributed by atoms with E-state index in [2.05, 4.69) is 29.4 Å². The highest BCUT2D eigenvalue weighted by molar-refractivity contribution is 5.91. The second-order valence-electron chi connectivity index (χ2n) is 8.79. The number of hydrogen-bond donors (Lipinski definition) is 0. The van der Waals surface area contributed by atoms with E-state index >= 15 is 0 Å². The van der Waals surface area contributed by atoms with Crippen LogP contribution in [-0.2, 0) is 17.8 Å². The van der Waals surface area contributed by atoms with Crippen LogP contribution in [0.4, 0.5) is 0 Å². The molecule has 0 spiro atoms. The first-order valence-corrected chi connectivity index (χ1v) is 11.8. The fourth-order valence-corrected chi connectivity index (χ4v) is 4.34. The maximum absolute atomic E-state index is 12.7. The number of carbonyl (C=O) groups is 1. The van der Waals surface area contributed by atoms with Gasteiger partial charge in [0.2, 0.25) is 5.91 Å². The number of hydrogen-bond acceptors (Lipinski definition) is 5. The van der Waals surface area contributed by atoms with E-state index in [9.17, 15) is 4.79 Å². The number of piperidine rings is 1. The molecular weight excluding hydrogens is 428 g/mol. The van der Waals surface area contributed by atoms with Crippen molar-refractivity contribution < 1.29 is 18.8 Å². The van der Waals surface area contributed by atoms with Crippen molar-refractivity contribution in [1.29, 1.82) is 0 Å². The Bertz CT molecular complexity index is 1110. The molecule has 34 heavy (non-hydrogen) atoms. The molecule has 1 aromatic heterocycles. The van der Waals surface area contributed by atoms with Crippen molar-refractivity contribution in [3.63, 3.8) is 0 Å². The normalized spacial score (nSPS) is 14.5. The van der Waals surface area contributed by atoms with E-state index in [1.165, 1.54) is 5.56 Å². The average molecular weight is 461 g/mol. The third-order valence-electron chi connectivity index (χ3n) is 6.45. The summed E-state index contributed by atoms with van der Waals surface area (Å²) < 4.78 is 16.6. The monoisotopic (exact) mass is 460 g/mol. The Balaban J connectivity index is 1.31. The van der Waals surface area contributed by atoms with Crippen LogP contribution in [0.25, 0.3) is 6.08 Å². The van der Waals surface area contributed by atoms with Gasteiger partial charge in [0, 0.05) is 19.2 Å². The van der Waals surface area contributed by atoms with Gasteiger partial charge in [-0.15, -0.1) is 0 Å². The van der Waals surface area contributed by atoms with Gasteiger partial charge in [-0.1, -0.05) is 41.6 Å². The first-order valence-electron chi connectivity index (χ1n) is 11.8. The summed E-state index contributed by atoms with van der Waals surface area (Å²) >= 11 is 0. The fourth-order valence-electron chi connectivity index (χ4n) is 4.34. The van der Waals surface area contributed by atoms with E-state index < -0.39 is 0 Å². The van der Waals surface area contributed by atoms with Crippen LogP contribution in [0.1, 0.15) is 41.0 Å². The number of ether oxygens (including phenoxy) is 2. The SMILES string of the molecule is COc1cc(/C=C/C(=O)N2CCC(Cc3ccccc3)CC2)ccc1OCc1c(C)noc1C. The number of likely N-dealkylation sites (tertiary alicyclic amines) is 1. The van der Waals surface area contributed by atoms with E-state index in [1.807, 2.05) is 49.1 Å². The van der Waals surface area contributed by atoms with Crippen LogP contribution < -0.4 is 9.47 Å². The molecule has 0 radical (unpaired) electrons. The van der Waals surface area contributed by atoms with E-state index in [-0.39, 0.29) is 5.91 Å². The third kappa shape index (κ3) is 5.87. The van der Waals surface area contributed by atoms with Crippen LogP contribution in [0.5, 0.6) is 11.5 Å². The highest BCUT2D eigenvalue weighted by Gasteiger charge is 2.21. The van der Waals surface area contributed by atoms with Gasteiger partial charge in [-0.3, -0.25) is 4.79 Å². The zero-order chi connectivity index (χ0) is 23.9. The largest absolute Gasteiger partial charge is 0.493 e. The van der Waals surface area contributed by atoms with Crippen molar-refractivity contribution in [3.05, 3.63) is 82.8 Å². The number of rotatable bonds is 8. The Kier molecular flexibility index (Phi) is 7.68. The van der Waals surface area contributed by atoms with Gasteiger partial charge in [0.1, 0.15) is 12.4 Å². The lowest BCUT2D eigenvalue weighted by atomic mass is 9.90. The molecule has 2 aromatic carbocycles. The van der Waals surface area contributed by atoms with Gasteiger partial charge in [-0.05, 0) is 68.4 Å². The number of benzene rings is 2. The number of nitrogens with zero attached hydrogens (tertiary/aromatic N) is 2. The molecule has 0 saturated carbocycles. The van der Waals surface area contributed by atoms with Crippen LogP contribution in [-0.4, -0.2) is 36.2 Å². The number of aryl methyl sites for hydroxylation is 2. The minimum atomic E-state index is 0.0517. The molecule has 1 amide bonds. The molecule has 1 aliphatic heterocycles. The summed E-state index contributed by atoms with van der Waals surface area (Å²) in [4.78, 5) is 14.7. The predicted molar refractivity (Wildman–Crippen MR) is 132 cm³/mol. The number of carbonyl (C=O) groups excluding carboxylic acids is 1. The number of aromatic nitrogens is 1. The first-order chi connectivity index (χ1) is 16.5. The van der Waals surface area contributed by atoms with Crippen LogP contribution in [0.15, 0.2) is 59.1 Å². The van der Waals surface area contributed by atoms with Crippen LogP contribution >= 0.6 is 0 Å². The molecule has 4 rings (SSSR count). The molecule has 178 valence electrons. The van der Waals surface area contributed by atoms with Crippen molar-refractivity contribution in [2.24, 2.45) is 5.92 Å². The van der Waals surface area contributed by atoms with Crippen molar-refractivity contribution in [2.45, 2.75) is 39.7 Å². The Labute approximate surface area is 201 Å². The summed E-state index contributed by atoms with van der Waals surface area (Å²) in [6.07, 6.45) is 6.65. The second-order valence-corrected chi connectivity index (χ2v) is 8.79. The van der Waals surface area contributed by atoms with E-state index in [1.54, 1.807) is 13.2 Å². The maximum Gasteiger partial charge on any atom is 0.246 e. The molecule has 3 aromatic rings. The maximum atomic E-state index is 12.7.